The Kier molecular flexibility index (Phi) is 8.77. The van der Waals surface area contributed by atoms with Gasteiger partial charge in [-0.2, -0.15) is 0 Å². The maximum Gasteiger partial charge on any atom is 0.350 e. The second-order valence-electron chi connectivity index (χ2n) is 6.81. The summed E-state index contributed by atoms with van der Waals surface area (Å²) >= 11 is 1.14. The maximum absolute atomic E-state index is 13.0. The normalized spacial score (nSPS) is 10.6. The second-order valence-corrected chi connectivity index (χ2v) is 7.79. The summed E-state index contributed by atoms with van der Waals surface area (Å²) in [5.41, 5.74) is 1.48. The molecule has 0 atom stereocenters. The number of hydrogen-bond donors (Lipinski definition) is 0. The lowest BCUT2D eigenvalue weighted by molar-refractivity contribution is -0.123. The molecule has 0 unspecified atom stereocenters. The van der Waals surface area contributed by atoms with Gasteiger partial charge in [0.05, 0.1) is 25.5 Å². The van der Waals surface area contributed by atoms with Crippen molar-refractivity contribution in [3.05, 3.63) is 76.8 Å². The Balaban J connectivity index is 1.65. The fraction of sp³-hybridized carbons (Fsp3) is 0.292. The van der Waals surface area contributed by atoms with Crippen LogP contribution in [0.5, 0.6) is 5.75 Å². The zero-order chi connectivity index (χ0) is 22.8. The molecule has 0 saturated carbocycles. The van der Waals surface area contributed by atoms with Crippen molar-refractivity contribution in [1.29, 1.82) is 0 Å². The van der Waals surface area contributed by atoms with Crippen LogP contribution < -0.4 is 9.64 Å². The molecule has 0 radical (unpaired) electrons. The highest BCUT2D eigenvalue weighted by Crippen LogP contribution is 2.28. The molecule has 0 fully saturated rings. The van der Waals surface area contributed by atoms with Crippen LogP contribution in [0.25, 0.3) is 0 Å². The number of esters is 1. The minimum absolute atomic E-state index is 0.127. The maximum atomic E-state index is 13.0. The van der Waals surface area contributed by atoms with Gasteiger partial charge in [0.1, 0.15) is 23.8 Å². The molecule has 0 N–H and O–H groups in total. The molecular formula is C24H26N2O5S. The Hall–Kier alpha value is -3.23. The van der Waals surface area contributed by atoms with Crippen LogP contribution in [0.4, 0.5) is 5.13 Å². The zero-order valence-electron chi connectivity index (χ0n) is 18.2. The van der Waals surface area contributed by atoms with E-state index in [4.69, 9.17) is 14.2 Å². The highest BCUT2D eigenvalue weighted by atomic mass is 32.1. The van der Waals surface area contributed by atoms with Crippen molar-refractivity contribution in [3.63, 3.8) is 0 Å². The number of anilines is 1. The average molecular weight is 455 g/mol. The van der Waals surface area contributed by atoms with Gasteiger partial charge in [-0.05, 0) is 31.5 Å². The smallest absolute Gasteiger partial charge is 0.350 e. The lowest BCUT2D eigenvalue weighted by atomic mass is 10.2. The molecule has 8 heteroatoms. The molecule has 2 aromatic carbocycles. The first kappa shape index (κ1) is 23.4. The molecule has 3 rings (SSSR count). The Morgan fingerprint density at radius 1 is 1.00 bits per heavy atom. The molecule has 0 bridgehead atoms. The molecule has 1 heterocycles. The molecule has 1 aromatic heterocycles. The first-order valence-electron chi connectivity index (χ1n) is 10.3. The summed E-state index contributed by atoms with van der Waals surface area (Å²) < 4.78 is 16.2. The van der Waals surface area contributed by atoms with E-state index >= 15 is 0 Å². The van der Waals surface area contributed by atoms with Crippen LogP contribution in [-0.4, -0.2) is 43.3 Å². The number of para-hydroxylation sites is 1. The molecule has 0 spiro atoms. The van der Waals surface area contributed by atoms with Gasteiger partial charge in [-0.25, -0.2) is 9.78 Å². The van der Waals surface area contributed by atoms with Crippen molar-refractivity contribution in [3.8, 4) is 5.75 Å². The fourth-order valence-corrected chi connectivity index (χ4v) is 3.86. The fourth-order valence-electron chi connectivity index (χ4n) is 2.88. The van der Waals surface area contributed by atoms with Gasteiger partial charge in [-0.15, -0.1) is 0 Å². The van der Waals surface area contributed by atoms with Crippen molar-refractivity contribution in [2.75, 3.05) is 31.3 Å². The summed E-state index contributed by atoms with van der Waals surface area (Å²) in [5.74, 6) is 0.0609. The minimum atomic E-state index is -0.435. The van der Waals surface area contributed by atoms with Crippen LogP contribution in [0, 0.1) is 6.92 Å². The SMILES string of the molecule is CCOC(=O)c1sc(N(Cc2ccccc2)C(=O)COCCOc2ccccc2)nc1C. The average Bonchev–Trinajstić information content (AvgIpc) is 3.20. The summed E-state index contributed by atoms with van der Waals surface area (Å²) in [4.78, 5) is 31.6. The number of aryl methyl sites for hydroxylation is 1. The van der Waals surface area contributed by atoms with Crippen molar-refractivity contribution in [1.82, 2.24) is 4.98 Å². The molecule has 3 aromatic rings. The van der Waals surface area contributed by atoms with Crippen molar-refractivity contribution in [2.45, 2.75) is 20.4 Å². The van der Waals surface area contributed by atoms with Crippen LogP contribution in [0.1, 0.15) is 27.9 Å². The number of thiazole rings is 1. The van der Waals surface area contributed by atoms with E-state index in [9.17, 15) is 9.59 Å². The number of benzene rings is 2. The molecular weight excluding hydrogens is 428 g/mol. The summed E-state index contributed by atoms with van der Waals surface area (Å²) in [5, 5.41) is 0.434. The second kappa shape index (κ2) is 12.0. The van der Waals surface area contributed by atoms with E-state index in [1.54, 1.807) is 13.8 Å². The first-order valence-corrected chi connectivity index (χ1v) is 11.1. The minimum Gasteiger partial charge on any atom is -0.491 e. The highest BCUT2D eigenvalue weighted by Gasteiger charge is 2.24. The molecule has 168 valence electrons. The highest BCUT2D eigenvalue weighted by molar-refractivity contribution is 7.17. The third-order valence-electron chi connectivity index (χ3n) is 4.43. The Morgan fingerprint density at radius 3 is 2.38 bits per heavy atom. The number of carbonyl (C=O) groups is 2. The van der Waals surface area contributed by atoms with E-state index in [1.165, 1.54) is 4.90 Å². The monoisotopic (exact) mass is 454 g/mol. The van der Waals surface area contributed by atoms with Gasteiger partial charge in [0, 0.05) is 0 Å². The van der Waals surface area contributed by atoms with E-state index in [-0.39, 0.29) is 25.7 Å². The van der Waals surface area contributed by atoms with Crippen molar-refractivity contribution >= 4 is 28.3 Å². The van der Waals surface area contributed by atoms with E-state index in [2.05, 4.69) is 4.98 Å². The molecule has 1 amide bonds. The predicted octanol–water partition coefficient (Wildman–Crippen LogP) is 4.26. The zero-order valence-corrected chi connectivity index (χ0v) is 19.0. The largest absolute Gasteiger partial charge is 0.491 e. The molecule has 0 aliphatic heterocycles. The van der Waals surface area contributed by atoms with Gasteiger partial charge in [-0.1, -0.05) is 59.9 Å². The van der Waals surface area contributed by atoms with Gasteiger partial charge in [0.15, 0.2) is 5.13 Å². The van der Waals surface area contributed by atoms with Gasteiger partial charge in [0.2, 0.25) is 0 Å². The Bertz CT molecular complexity index is 1010. The third kappa shape index (κ3) is 6.63. The van der Waals surface area contributed by atoms with Crippen LogP contribution in [0.15, 0.2) is 60.7 Å². The molecule has 0 aliphatic rings. The molecule has 7 nitrogen and oxygen atoms in total. The molecule has 0 aliphatic carbocycles. The van der Waals surface area contributed by atoms with Gasteiger partial charge < -0.3 is 14.2 Å². The lowest BCUT2D eigenvalue weighted by Crippen LogP contribution is -2.34. The van der Waals surface area contributed by atoms with E-state index in [0.29, 0.717) is 28.9 Å². The number of carbonyl (C=O) groups excluding carboxylic acids is 2. The topological polar surface area (TPSA) is 78.0 Å². The summed E-state index contributed by atoms with van der Waals surface area (Å²) in [6.07, 6.45) is 0. The summed E-state index contributed by atoms with van der Waals surface area (Å²) in [6, 6.07) is 19.0. The molecule has 0 saturated heterocycles. The quantitative estimate of drug-likeness (QED) is 0.318. The number of aromatic nitrogens is 1. The number of nitrogens with zero attached hydrogens (tertiary/aromatic N) is 2. The lowest BCUT2D eigenvalue weighted by Gasteiger charge is -2.20. The third-order valence-corrected chi connectivity index (χ3v) is 5.59. The number of hydrogen-bond acceptors (Lipinski definition) is 7. The van der Waals surface area contributed by atoms with Gasteiger partial charge in [0.25, 0.3) is 5.91 Å². The van der Waals surface area contributed by atoms with E-state index < -0.39 is 5.97 Å². The predicted molar refractivity (Wildman–Crippen MR) is 123 cm³/mol. The van der Waals surface area contributed by atoms with Crippen LogP contribution >= 0.6 is 11.3 Å². The first-order chi connectivity index (χ1) is 15.6. The Labute approximate surface area is 191 Å². The van der Waals surface area contributed by atoms with Gasteiger partial charge >= 0.3 is 5.97 Å². The number of amides is 1. The summed E-state index contributed by atoms with van der Waals surface area (Å²) in [7, 11) is 0. The van der Waals surface area contributed by atoms with Gasteiger partial charge in [-0.3, -0.25) is 9.69 Å². The number of ether oxygens (including phenoxy) is 3. The number of rotatable bonds is 11. The standard InChI is InChI=1S/C24H26N2O5S/c1-3-30-23(28)22-18(2)25-24(32-22)26(16-19-10-6-4-7-11-19)21(27)17-29-14-15-31-20-12-8-5-9-13-20/h4-13H,3,14-17H2,1-2H3. The van der Waals surface area contributed by atoms with E-state index in [1.807, 2.05) is 60.7 Å². The Morgan fingerprint density at radius 2 is 1.69 bits per heavy atom. The van der Waals surface area contributed by atoms with Crippen LogP contribution in [-0.2, 0) is 20.8 Å². The molecule has 32 heavy (non-hydrogen) atoms. The van der Waals surface area contributed by atoms with Crippen LogP contribution in [0.2, 0.25) is 0 Å². The van der Waals surface area contributed by atoms with Crippen molar-refractivity contribution < 1.29 is 23.8 Å². The van der Waals surface area contributed by atoms with Crippen LogP contribution in [0.3, 0.4) is 0 Å². The summed E-state index contributed by atoms with van der Waals surface area (Å²) in [6.45, 7) is 4.55. The van der Waals surface area contributed by atoms with E-state index in [0.717, 1.165) is 22.6 Å². The van der Waals surface area contributed by atoms with Crippen molar-refractivity contribution in [2.24, 2.45) is 0 Å².